The second-order valence-electron chi connectivity index (χ2n) is 8.00. The van der Waals surface area contributed by atoms with E-state index in [1.165, 1.54) is 0 Å². The molecule has 0 spiro atoms. The first kappa shape index (κ1) is 22.5. The lowest BCUT2D eigenvalue weighted by Gasteiger charge is -2.42. The van der Waals surface area contributed by atoms with Gasteiger partial charge in [-0.2, -0.15) is 0 Å². The highest BCUT2D eigenvalue weighted by Gasteiger charge is 2.41. The molecule has 8 heteroatoms. The standard InChI is InChI=1S/C21H32ClN3O4/c22-18-4-2-17(3-5-18)14-20(27)25-9-6-21(28,19(26)15-25)16-23-7-1-8-24-10-12-29-13-11-24/h2-5,19,23,26,28H,1,6-16H2/t19-,21-/m0/s1. The third-order valence-corrected chi connectivity index (χ3v) is 6.06. The summed E-state index contributed by atoms with van der Waals surface area (Å²) in [7, 11) is 0. The number of hydrogen-bond donors (Lipinski definition) is 3. The van der Waals surface area contributed by atoms with Crippen molar-refractivity contribution in [2.24, 2.45) is 0 Å². The van der Waals surface area contributed by atoms with Crippen molar-refractivity contribution in [3.63, 3.8) is 0 Å². The minimum Gasteiger partial charge on any atom is -0.388 e. The molecule has 1 aromatic carbocycles. The Hall–Kier alpha value is -1.22. The number of halogens is 1. The van der Waals surface area contributed by atoms with Crippen LogP contribution in [0.5, 0.6) is 0 Å². The topological polar surface area (TPSA) is 85.3 Å². The molecular weight excluding hydrogens is 394 g/mol. The number of amides is 1. The number of piperidine rings is 1. The molecule has 2 aliphatic rings. The zero-order valence-corrected chi connectivity index (χ0v) is 17.6. The van der Waals surface area contributed by atoms with Crippen LogP contribution in [0, 0.1) is 0 Å². The van der Waals surface area contributed by atoms with Crippen LogP contribution < -0.4 is 5.32 Å². The molecule has 2 heterocycles. The fourth-order valence-electron chi connectivity index (χ4n) is 3.84. The van der Waals surface area contributed by atoms with E-state index in [1.807, 2.05) is 12.1 Å². The van der Waals surface area contributed by atoms with E-state index in [0.29, 0.717) is 24.5 Å². The summed E-state index contributed by atoms with van der Waals surface area (Å²) in [6.07, 6.45) is 0.647. The molecule has 7 nitrogen and oxygen atoms in total. The van der Waals surface area contributed by atoms with Gasteiger partial charge >= 0.3 is 0 Å². The Morgan fingerprint density at radius 3 is 2.66 bits per heavy atom. The molecule has 2 atom stereocenters. The monoisotopic (exact) mass is 425 g/mol. The Kier molecular flexibility index (Phi) is 8.29. The van der Waals surface area contributed by atoms with Crippen molar-refractivity contribution in [3.8, 4) is 0 Å². The van der Waals surface area contributed by atoms with Crippen LogP contribution in [0.3, 0.4) is 0 Å². The van der Waals surface area contributed by atoms with Gasteiger partial charge in [0.25, 0.3) is 0 Å². The van der Waals surface area contributed by atoms with Gasteiger partial charge in [-0.05, 0) is 43.6 Å². The van der Waals surface area contributed by atoms with Gasteiger partial charge in [0, 0.05) is 37.7 Å². The first-order valence-corrected chi connectivity index (χ1v) is 10.8. The molecule has 2 fully saturated rings. The van der Waals surface area contributed by atoms with Crippen molar-refractivity contribution in [1.29, 1.82) is 0 Å². The second kappa shape index (κ2) is 10.7. The summed E-state index contributed by atoms with van der Waals surface area (Å²) in [4.78, 5) is 16.5. The van der Waals surface area contributed by atoms with Gasteiger partial charge in [0.15, 0.2) is 0 Å². The van der Waals surface area contributed by atoms with Crippen molar-refractivity contribution < 1.29 is 19.7 Å². The zero-order chi connectivity index (χ0) is 20.7. The van der Waals surface area contributed by atoms with Crippen LogP contribution in [-0.2, 0) is 16.0 Å². The molecule has 2 aliphatic heterocycles. The number of carbonyl (C=O) groups excluding carboxylic acids is 1. The number of aliphatic hydroxyl groups excluding tert-OH is 1. The summed E-state index contributed by atoms with van der Waals surface area (Å²) in [5.41, 5.74) is -0.313. The van der Waals surface area contributed by atoms with Gasteiger partial charge in [0.1, 0.15) is 11.7 Å². The van der Waals surface area contributed by atoms with Crippen molar-refractivity contribution >= 4 is 17.5 Å². The van der Waals surface area contributed by atoms with E-state index >= 15 is 0 Å². The van der Waals surface area contributed by atoms with E-state index in [-0.39, 0.29) is 18.9 Å². The summed E-state index contributed by atoms with van der Waals surface area (Å²) in [6, 6.07) is 7.19. The van der Waals surface area contributed by atoms with Crippen LogP contribution >= 0.6 is 11.6 Å². The molecule has 2 saturated heterocycles. The Morgan fingerprint density at radius 2 is 1.97 bits per heavy atom. The SMILES string of the molecule is O=C(Cc1ccc(Cl)cc1)N1CC[C@](O)(CNCCCN2CCOCC2)[C@@H](O)C1. The maximum Gasteiger partial charge on any atom is 0.227 e. The largest absolute Gasteiger partial charge is 0.388 e. The minimum atomic E-state index is -1.20. The zero-order valence-electron chi connectivity index (χ0n) is 16.9. The first-order valence-electron chi connectivity index (χ1n) is 10.4. The molecular formula is C21H32ClN3O4. The summed E-state index contributed by atoms with van der Waals surface area (Å²) in [6.45, 7) is 6.25. The Morgan fingerprint density at radius 1 is 1.24 bits per heavy atom. The number of benzene rings is 1. The van der Waals surface area contributed by atoms with Crippen LogP contribution in [-0.4, -0.2) is 96.7 Å². The van der Waals surface area contributed by atoms with Crippen molar-refractivity contribution in [1.82, 2.24) is 15.1 Å². The average molecular weight is 426 g/mol. The number of rotatable bonds is 8. The maximum absolute atomic E-state index is 12.5. The minimum absolute atomic E-state index is 0.0492. The molecule has 1 amide bonds. The van der Waals surface area contributed by atoms with Gasteiger partial charge in [-0.15, -0.1) is 0 Å². The van der Waals surface area contributed by atoms with E-state index in [2.05, 4.69) is 10.2 Å². The number of likely N-dealkylation sites (tertiary alicyclic amines) is 1. The van der Waals surface area contributed by atoms with E-state index in [4.69, 9.17) is 16.3 Å². The van der Waals surface area contributed by atoms with Gasteiger partial charge in [0.05, 0.1) is 19.6 Å². The van der Waals surface area contributed by atoms with Crippen LogP contribution in [0.2, 0.25) is 5.02 Å². The summed E-state index contributed by atoms with van der Waals surface area (Å²) >= 11 is 5.88. The van der Waals surface area contributed by atoms with E-state index in [9.17, 15) is 15.0 Å². The number of aliphatic hydroxyl groups is 2. The fraction of sp³-hybridized carbons (Fsp3) is 0.667. The highest BCUT2D eigenvalue weighted by molar-refractivity contribution is 6.30. The predicted octanol–water partition coefficient (Wildman–Crippen LogP) is 0.519. The Labute approximate surface area is 177 Å². The lowest BCUT2D eigenvalue weighted by molar-refractivity contribution is -0.148. The normalized spacial score (nSPS) is 25.9. The molecule has 29 heavy (non-hydrogen) atoms. The van der Waals surface area contributed by atoms with Crippen molar-refractivity contribution in [2.45, 2.75) is 31.0 Å². The van der Waals surface area contributed by atoms with E-state index < -0.39 is 11.7 Å². The average Bonchev–Trinajstić information content (AvgIpc) is 2.72. The molecule has 0 bridgehead atoms. The highest BCUT2D eigenvalue weighted by atomic mass is 35.5. The van der Waals surface area contributed by atoms with Gasteiger partial charge < -0.3 is 25.2 Å². The fourth-order valence-corrected chi connectivity index (χ4v) is 3.97. The van der Waals surface area contributed by atoms with Crippen LogP contribution in [0.15, 0.2) is 24.3 Å². The molecule has 3 rings (SSSR count). The summed E-state index contributed by atoms with van der Waals surface area (Å²) in [5, 5.41) is 25.2. The molecule has 3 N–H and O–H groups in total. The number of morpholine rings is 1. The van der Waals surface area contributed by atoms with Gasteiger partial charge in [-0.25, -0.2) is 0 Å². The number of hydrogen-bond acceptors (Lipinski definition) is 6. The van der Waals surface area contributed by atoms with Crippen LogP contribution in [0.4, 0.5) is 0 Å². The second-order valence-corrected chi connectivity index (χ2v) is 8.43. The van der Waals surface area contributed by atoms with Crippen LogP contribution in [0.1, 0.15) is 18.4 Å². The molecule has 0 radical (unpaired) electrons. The Balaban J connectivity index is 1.37. The third kappa shape index (κ3) is 6.64. The van der Waals surface area contributed by atoms with E-state index in [0.717, 1.165) is 51.4 Å². The first-order chi connectivity index (χ1) is 14.0. The van der Waals surface area contributed by atoms with Gasteiger partial charge in [-0.3, -0.25) is 9.69 Å². The van der Waals surface area contributed by atoms with Crippen molar-refractivity contribution in [2.75, 3.05) is 59.0 Å². The number of nitrogens with one attached hydrogen (secondary N) is 1. The lowest BCUT2D eigenvalue weighted by Crippen LogP contribution is -2.60. The highest BCUT2D eigenvalue weighted by Crippen LogP contribution is 2.23. The van der Waals surface area contributed by atoms with E-state index in [1.54, 1.807) is 17.0 Å². The molecule has 0 aliphatic carbocycles. The molecule has 0 saturated carbocycles. The number of nitrogens with zero attached hydrogens (tertiary/aromatic N) is 2. The molecule has 1 aromatic rings. The molecule has 162 valence electrons. The lowest BCUT2D eigenvalue weighted by atomic mass is 9.88. The number of β-amino-alcohol motifs (C(OH)–C–C–N with tert-alkyl or cyclic N) is 1. The van der Waals surface area contributed by atoms with Crippen LogP contribution in [0.25, 0.3) is 0 Å². The smallest absolute Gasteiger partial charge is 0.227 e. The molecule has 0 unspecified atom stereocenters. The predicted molar refractivity (Wildman–Crippen MR) is 112 cm³/mol. The molecule has 0 aromatic heterocycles. The van der Waals surface area contributed by atoms with Gasteiger partial charge in [-0.1, -0.05) is 23.7 Å². The Bertz CT molecular complexity index is 654. The quantitative estimate of drug-likeness (QED) is 0.526. The van der Waals surface area contributed by atoms with Gasteiger partial charge in [0.2, 0.25) is 5.91 Å². The number of ether oxygens (including phenoxy) is 1. The maximum atomic E-state index is 12.5. The number of carbonyl (C=O) groups is 1. The summed E-state index contributed by atoms with van der Waals surface area (Å²) < 4.78 is 5.34. The summed E-state index contributed by atoms with van der Waals surface area (Å²) in [5.74, 6) is -0.0492. The third-order valence-electron chi connectivity index (χ3n) is 5.81. The van der Waals surface area contributed by atoms with Crippen molar-refractivity contribution in [3.05, 3.63) is 34.9 Å².